The molecule has 32 heavy (non-hydrogen) atoms. The third-order valence-electron chi connectivity index (χ3n) is 5.48. The lowest BCUT2D eigenvalue weighted by Gasteiger charge is -2.30. The van der Waals surface area contributed by atoms with Crippen LogP contribution >= 0.6 is 0 Å². The van der Waals surface area contributed by atoms with Crippen molar-refractivity contribution < 1.29 is 27.2 Å². The van der Waals surface area contributed by atoms with E-state index < -0.39 is 23.7 Å². The summed E-state index contributed by atoms with van der Waals surface area (Å²) in [5, 5.41) is 11.6. The summed E-state index contributed by atoms with van der Waals surface area (Å²) < 4.78 is 51.6. The van der Waals surface area contributed by atoms with Crippen LogP contribution in [0.15, 0.2) is 23.3 Å². The van der Waals surface area contributed by atoms with E-state index >= 15 is 0 Å². The van der Waals surface area contributed by atoms with Crippen molar-refractivity contribution in [3.8, 4) is 5.88 Å². The van der Waals surface area contributed by atoms with Gasteiger partial charge in [-0.3, -0.25) is 4.79 Å². The summed E-state index contributed by atoms with van der Waals surface area (Å²) in [6.45, 7) is 0.421. The van der Waals surface area contributed by atoms with Gasteiger partial charge in [0, 0.05) is 24.2 Å². The monoisotopic (exact) mass is 454 g/mol. The van der Waals surface area contributed by atoms with E-state index in [9.17, 15) is 18.0 Å². The van der Waals surface area contributed by atoms with Crippen LogP contribution in [0.1, 0.15) is 31.2 Å². The first-order valence-electron chi connectivity index (χ1n) is 10.1. The first kappa shape index (κ1) is 22.0. The van der Waals surface area contributed by atoms with Crippen molar-refractivity contribution in [2.45, 2.75) is 44.0 Å². The molecule has 2 aromatic rings. The highest BCUT2D eigenvalue weighted by atomic mass is 19.4. The van der Waals surface area contributed by atoms with Crippen molar-refractivity contribution in [3.63, 3.8) is 0 Å². The Hall–Kier alpha value is -3.22. The topological polar surface area (TPSA) is 143 Å². The number of H-pyrrole nitrogens is 1. The zero-order valence-corrected chi connectivity index (χ0v) is 17.0. The number of halogens is 3. The molecule has 2 aromatic heterocycles. The highest BCUT2D eigenvalue weighted by Gasteiger charge is 2.38. The summed E-state index contributed by atoms with van der Waals surface area (Å²) in [6.07, 6.45) is -0.155. The lowest BCUT2D eigenvalue weighted by atomic mass is 9.85. The summed E-state index contributed by atoms with van der Waals surface area (Å²) in [5.74, 6) is -0.378. The largest absolute Gasteiger partial charge is 0.469 e. The standard InChI is InChI=1S/C19H22F3N7O3/c20-19(21,22)13-7-25-18(28-16(13)32-12-8-31-9-12)26-11-3-1-2-10(6-11)15(23)29-5-4-14(30)27-17(29)24/h4-5,7,10-12,23H,1-3,6,8-9H2,(H3,24,25,26,27,28,30)/p+1/t10-,11+/m0/s1. The average Bonchev–Trinajstić information content (AvgIpc) is 2.70. The van der Waals surface area contributed by atoms with Gasteiger partial charge >= 0.3 is 12.1 Å². The second kappa shape index (κ2) is 8.73. The van der Waals surface area contributed by atoms with E-state index in [2.05, 4.69) is 20.3 Å². The van der Waals surface area contributed by atoms with E-state index in [0.717, 1.165) is 19.3 Å². The van der Waals surface area contributed by atoms with E-state index in [4.69, 9.17) is 20.6 Å². The molecule has 0 aromatic carbocycles. The number of anilines is 2. The Morgan fingerprint density at radius 3 is 2.81 bits per heavy atom. The maximum atomic E-state index is 13.3. The maximum Gasteiger partial charge on any atom is 0.423 e. The molecule has 4 rings (SSSR count). The van der Waals surface area contributed by atoms with Gasteiger partial charge in [0.25, 0.3) is 5.56 Å². The second-order valence-corrected chi connectivity index (χ2v) is 7.84. The van der Waals surface area contributed by atoms with Gasteiger partial charge in [0.05, 0.1) is 19.4 Å². The molecule has 0 unspecified atom stereocenters. The molecule has 2 atom stereocenters. The highest BCUT2D eigenvalue weighted by Crippen LogP contribution is 2.36. The minimum absolute atomic E-state index is 0.0293. The molecule has 0 amide bonds. The number of nitrogens with two attached hydrogens (primary N) is 1. The summed E-state index contributed by atoms with van der Waals surface area (Å²) in [6, 6.07) is 1.13. The molecule has 2 fully saturated rings. The zero-order valence-electron chi connectivity index (χ0n) is 17.0. The van der Waals surface area contributed by atoms with E-state index in [-0.39, 0.29) is 48.5 Å². The molecule has 1 aliphatic carbocycles. The van der Waals surface area contributed by atoms with Gasteiger partial charge in [-0.25, -0.2) is 14.5 Å². The van der Waals surface area contributed by atoms with Crippen LogP contribution in [0.5, 0.6) is 5.88 Å². The van der Waals surface area contributed by atoms with Crippen LogP contribution in [0.2, 0.25) is 0 Å². The van der Waals surface area contributed by atoms with Crippen LogP contribution in [0.4, 0.5) is 25.1 Å². The van der Waals surface area contributed by atoms with Gasteiger partial charge in [-0.2, -0.15) is 23.6 Å². The van der Waals surface area contributed by atoms with Crippen molar-refractivity contribution in [1.29, 1.82) is 5.41 Å². The van der Waals surface area contributed by atoms with E-state index in [0.29, 0.717) is 12.6 Å². The number of hydrogen-bond acceptors (Lipinski definition) is 8. The Labute approximate surface area is 180 Å². The summed E-state index contributed by atoms with van der Waals surface area (Å²) in [5.41, 5.74) is 4.43. The summed E-state index contributed by atoms with van der Waals surface area (Å²) in [4.78, 5) is 21.6. The number of nitrogen functional groups attached to an aromatic ring is 1. The lowest BCUT2D eigenvalue weighted by Crippen LogP contribution is -2.51. The first-order chi connectivity index (χ1) is 15.2. The fraction of sp³-hybridized carbons (Fsp3) is 0.526. The normalized spacial score (nSPS) is 21.6. The van der Waals surface area contributed by atoms with Crippen LogP contribution in [-0.2, 0) is 10.9 Å². The molecule has 3 heterocycles. The molecule has 13 heteroatoms. The number of aromatic nitrogens is 4. The maximum absolute atomic E-state index is 13.3. The van der Waals surface area contributed by atoms with Gasteiger partial charge in [0.1, 0.15) is 11.7 Å². The van der Waals surface area contributed by atoms with Gasteiger partial charge in [0.15, 0.2) is 0 Å². The smallest absolute Gasteiger partial charge is 0.423 e. The molecule has 1 saturated heterocycles. The molecule has 1 saturated carbocycles. The Kier molecular flexibility index (Phi) is 6.00. The number of rotatable bonds is 5. The molecular weight excluding hydrogens is 431 g/mol. The van der Waals surface area contributed by atoms with Gasteiger partial charge in [-0.1, -0.05) is 6.42 Å². The zero-order chi connectivity index (χ0) is 22.9. The molecule has 1 aliphatic heterocycles. The van der Waals surface area contributed by atoms with Crippen molar-refractivity contribution in [2.24, 2.45) is 5.92 Å². The minimum Gasteiger partial charge on any atom is -0.469 e. The van der Waals surface area contributed by atoms with Crippen LogP contribution in [0.3, 0.4) is 0 Å². The van der Waals surface area contributed by atoms with Gasteiger partial charge < -0.3 is 20.5 Å². The molecule has 2 aliphatic rings. The predicted molar refractivity (Wildman–Crippen MR) is 106 cm³/mol. The SMILES string of the molecule is N=C([C@H]1CCC[C@@H](Nc2ncc(C(F)(F)F)c(OC3COC3)n2)C1)[n+]1ccc(=O)[nH]c1N. The highest BCUT2D eigenvalue weighted by molar-refractivity contribution is 5.73. The molecule has 172 valence electrons. The Balaban J connectivity index is 1.48. The average molecular weight is 454 g/mol. The van der Waals surface area contributed by atoms with Gasteiger partial charge in [0.2, 0.25) is 17.7 Å². The molecule has 10 nitrogen and oxygen atoms in total. The fourth-order valence-electron chi connectivity index (χ4n) is 3.77. The van der Waals surface area contributed by atoms with Crippen LogP contribution in [-0.4, -0.2) is 46.1 Å². The Morgan fingerprint density at radius 1 is 1.38 bits per heavy atom. The van der Waals surface area contributed by atoms with Crippen molar-refractivity contribution in [3.05, 3.63) is 34.4 Å². The van der Waals surface area contributed by atoms with Gasteiger partial charge in [-0.15, -0.1) is 0 Å². The van der Waals surface area contributed by atoms with E-state index in [1.165, 1.54) is 16.8 Å². The lowest BCUT2D eigenvalue weighted by molar-refractivity contribution is -0.549. The summed E-state index contributed by atoms with van der Waals surface area (Å²) >= 11 is 0. The van der Waals surface area contributed by atoms with Crippen LogP contribution < -0.4 is 25.9 Å². The number of nitrogens with zero attached hydrogens (tertiary/aromatic N) is 3. The predicted octanol–water partition coefficient (Wildman–Crippen LogP) is 1.33. The second-order valence-electron chi connectivity index (χ2n) is 7.84. The molecule has 0 radical (unpaired) electrons. The first-order valence-corrected chi connectivity index (χ1v) is 10.1. The fourth-order valence-corrected chi connectivity index (χ4v) is 3.77. The molecular formula is C19H23F3N7O3+. The quantitative estimate of drug-likeness (QED) is 0.303. The van der Waals surface area contributed by atoms with Gasteiger partial charge in [-0.05, 0) is 19.3 Å². The molecule has 5 N–H and O–H groups in total. The van der Waals surface area contributed by atoms with Crippen molar-refractivity contribution in [1.82, 2.24) is 15.0 Å². The molecule has 0 spiro atoms. The number of aromatic amines is 1. The number of nitrogens with one attached hydrogen (secondary N) is 3. The third kappa shape index (κ3) is 4.82. The third-order valence-corrected chi connectivity index (χ3v) is 5.48. The van der Waals surface area contributed by atoms with E-state index in [1.807, 2.05) is 0 Å². The van der Waals surface area contributed by atoms with Crippen LogP contribution in [0, 0.1) is 11.3 Å². The Bertz CT molecular complexity index is 1060. The number of alkyl halides is 3. The van der Waals surface area contributed by atoms with Crippen molar-refractivity contribution in [2.75, 3.05) is 24.3 Å². The molecule has 0 bridgehead atoms. The van der Waals surface area contributed by atoms with Crippen LogP contribution in [0.25, 0.3) is 0 Å². The Morgan fingerprint density at radius 2 is 2.16 bits per heavy atom. The van der Waals surface area contributed by atoms with E-state index in [1.54, 1.807) is 0 Å². The summed E-state index contributed by atoms with van der Waals surface area (Å²) in [7, 11) is 0. The number of ether oxygens (including phenoxy) is 2. The van der Waals surface area contributed by atoms with Crippen molar-refractivity contribution >= 4 is 17.7 Å². The number of hydrogen-bond donors (Lipinski definition) is 4. The minimum atomic E-state index is -4.64.